The number of benzene rings is 2. The summed E-state index contributed by atoms with van der Waals surface area (Å²) in [5.41, 5.74) is 4.88. The van der Waals surface area contributed by atoms with E-state index in [0.717, 1.165) is 22.3 Å². The smallest absolute Gasteiger partial charge is 0.407 e. The molecular weight excluding hydrogens is 452 g/mol. The van der Waals surface area contributed by atoms with Crippen molar-refractivity contribution in [3.63, 3.8) is 0 Å². The van der Waals surface area contributed by atoms with Gasteiger partial charge in [0.05, 0.1) is 18.8 Å². The van der Waals surface area contributed by atoms with Crippen LogP contribution in [0.25, 0.3) is 11.1 Å². The van der Waals surface area contributed by atoms with Gasteiger partial charge in [0.15, 0.2) is 6.04 Å². The summed E-state index contributed by atoms with van der Waals surface area (Å²) in [5, 5.41) is 27.7. The first-order chi connectivity index (χ1) is 16.8. The molecule has 2 aromatic carbocycles. The molecule has 1 aliphatic rings. The number of ether oxygens (including phenoxy) is 1. The van der Waals surface area contributed by atoms with Crippen LogP contribution in [0.15, 0.2) is 54.7 Å². The molecule has 0 spiro atoms. The van der Waals surface area contributed by atoms with Gasteiger partial charge < -0.3 is 25.6 Å². The Balaban J connectivity index is 1.39. The molecule has 35 heavy (non-hydrogen) atoms. The zero-order valence-electron chi connectivity index (χ0n) is 19.3. The minimum Gasteiger partial charge on any atom is -0.480 e. The molecule has 2 atom stereocenters. The minimum atomic E-state index is -1.49. The van der Waals surface area contributed by atoms with Crippen LogP contribution in [0.4, 0.5) is 4.79 Å². The first kappa shape index (κ1) is 24.0. The number of rotatable bonds is 8. The number of aliphatic carboxylic acids is 1. The van der Waals surface area contributed by atoms with Gasteiger partial charge in [-0.05, 0) is 29.2 Å². The Morgan fingerprint density at radius 2 is 1.69 bits per heavy atom. The summed E-state index contributed by atoms with van der Waals surface area (Å²) >= 11 is 0. The highest BCUT2D eigenvalue weighted by Gasteiger charge is 2.30. The second-order valence-electron chi connectivity index (χ2n) is 8.35. The van der Waals surface area contributed by atoms with Crippen molar-refractivity contribution in [2.24, 2.45) is 7.05 Å². The first-order valence-electron chi connectivity index (χ1n) is 11.1. The Labute approximate surface area is 201 Å². The Kier molecular flexibility index (Phi) is 6.83. The quantitative estimate of drug-likeness (QED) is 0.388. The monoisotopic (exact) mass is 478 g/mol. The summed E-state index contributed by atoms with van der Waals surface area (Å²) in [7, 11) is 1.52. The molecule has 10 nitrogen and oxygen atoms in total. The van der Waals surface area contributed by atoms with Crippen molar-refractivity contribution in [2.45, 2.75) is 31.5 Å². The third-order valence-corrected chi connectivity index (χ3v) is 6.03. The summed E-state index contributed by atoms with van der Waals surface area (Å²) in [4.78, 5) is 36.4. The number of carbonyl (C=O) groups excluding carboxylic acids is 2. The van der Waals surface area contributed by atoms with Gasteiger partial charge in [0.2, 0.25) is 0 Å². The van der Waals surface area contributed by atoms with Crippen molar-refractivity contribution in [3.8, 4) is 11.1 Å². The maximum atomic E-state index is 12.7. The largest absolute Gasteiger partial charge is 0.480 e. The van der Waals surface area contributed by atoms with Crippen LogP contribution in [0.3, 0.4) is 0 Å². The van der Waals surface area contributed by atoms with Crippen LogP contribution in [0.5, 0.6) is 0 Å². The summed E-state index contributed by atoms with van der Waals surface area (Å²) in [6.45, 7) is 1.36. The lowest BCUT2D eigenvalue weighted by molar-refractivity contribution is -0.141. The number of hydrogen-bond acceptors (Lipinski definition) is 6. The molecule has 2 unspecified atom stereocenters. The standard InChI is InChI=1S/C25H26N4O6/c1-14(30)21(24(32)33)28-23(31)22-15(12-27-29(22)2)11-26-25(34)35-13-20-18-9-5-3-7-16(18)17-8-4-6-10-19(17)20/h3-10,12,14,20-21,30H,11,13H2,1-2H3,(H,26,34)(H,28,31)(H,32,33). The van der Waals surface area contributed by atoms with Gasteiger partial charge in [-0.3, -0.25) is 9.48 Å². The van der Waals surface area contributed by atoms with E-state index in [9.17, 15) is 24.6 Å². The molecule has 0 radical (unpaired) electrons. The number of nitrogens with zero attached hydrogens (tertiary/aromatic N) is 2. The van der Waals surface area contributed by atoms with Gasteiger partial charge in [-0.25, -0.2) is 9.59 Å². The third kappa shape index (κ3) is 4.87. The Morgan fingerprint density at radius 1 is 1.09 bits per heavy atom. The van der Waals surface area contributed by atoms with Gasteiger partial charge in [0.1, 0.15) is 12.3 Å². The molecule has 1 heterocycles. The fraction of sp³-hybridized carbons (Fsp3) is 0.280. The van der Waals surface area contributed by atoms with E-state index in [1.165, 1.54) is 24.9 Å². The van der Waals surface area contributed by atoms with Crippen molar-refractivity contribution in [1.82, 2.24) is 20.4 Å². The molecular formula is C25H26N4O6. The van der Waals surface area contributed by atoms with Gasteiger partial charge in [-0.1, -0.05) is 48.5 Å². The average Bonchev–Trinajstić information content (AvgIpc) is 3.36. The van der Waals surface area contributed by atoms with E-state index in [-0.39, 0.29) is 24.8 Å². The highest BCUT2D eigenvalue weighted by atomic mass is 16.5. The van der Waals surface area contributed by atoms with Gasteiger partial charge in [0.25, 0.3) is 5.91 Å². The number of nitrogens with one attached hydrogen (secondary N) is 2. The van der Waals surface area contributed by atoms with Crippen molar-refractivity contribution in [3.05, 3.63) is 77.1 Å². The number of carbonyl (C=O) groups is 3. The van der Waals surface area contributed by atoms with E-state index in [0.29, 0.717) is 5.56 Å². The summed E-state index contributed by atoms with van der Waals surface area (Å²) in [6, 6.07) is 14.5. The first-order valence-corrected chi connectivity index (χ1v) is 11.1. The zero-order valence-corrected chi connectivity index (χ0v) is 19.3. The number of carboxylic acid groups (broad SMARTS) is 1. The maximum Gasteiger partial charge on any atom is 0.407 e. The van der Waals surface area contributed by atoms with Crippen LogP contribution in [0.1, 0.15) is 40.0 Å². The lowest BCUT2D eigenvalue weighted by atomic mass is 9.98. The lowest BCUT2D eigenvalue weighted by Gasteiger charge is -2.17. The molecule has 182 valence electrons. The number of aromatic nitrogens is 2. The predicted molar refractivity (Wildman–Crippen MR) is 126 cm³/mol. The van der Waals surface area contributed by atoms with Crippen LogP contribution in [-0.4, -0.2) is 56.7 Å². The zero-order chi connectivity index (χ0) is 25.1. The van der Waals surface area contributed by atoms with E-state index < -0.39 is 30.1 Å². The molecule has 0 bridgehead atoms. The Bertz CT molecular complexity index is 1220. The van der Waals surface area contributed by atoms with Crippen LogP contribution in [0.2, 0.25) is 0 Å². The number of aliphatic hydroxyl groups excluding tert-OH is 1. The highest BCUT2D eigenvalue weighted by molar-refractivity contribution is 5.96. The fourth-order valence-corrected chi connectivity index (χ4v) is 4.32. The predicted octanol–water partition coefficient (Wildman–Crippen LogP) is 2.02. The van der Waals surface area contributed by atoms with E-state index in [1.54, 1.807) is 0 Å². The summed E-state index contributed by atoms with van der Waals surface area (Å²) < 4.78 is 6.78. The molecule has 4 rings (SSSR count). The van der Waals surface area contributed by atoms with Crippen LogP contribution in [0, 0.1) is 0 Å². The van der Waals surface area contributed by atoms with Gasteiger partial charge >= 0.3 is 12.1 Å². The SMILES string of the molecule is CC(O)C(NC(=O)c1c(CNC(=O)OCC2c3ccccc3-c3ccccc32)cnn1C)C(=O)O. The molecule has 4 N–H and O–H groups in total. The molecule has 1 aliphatic carbocycles. The lowest BCUT2D eigenvalue weighted by Crippen LogP contribution is -2.48. The minimum absolute atomic E-state index is 0.0559. The number of aryl methyl sites for hydroxylation is 1. The van der Waals surface area contributed by atoms with Crippen molar-refractivity contribution >= 4 is 18.0 Å². The number of carboxylic acids is 1. The van der Waals surface area contributed by atoms with E-state index in [4.69, 9.17) is 4.74 Å². The normalized spacial score (nSPS) is 13.9. The van der Waals surface area contributed by atoms with Gasteiger partial charge in [-0.15, -0.1) is 0 Å². The van der Waals surface area contributed by atoms with Gasteiger partial charge in [-0.2, -0.15) is 5.10 Å². The molecule has 0 saturated heterocycles. The number of fused-ring (bicyclic) bond motifs is 3. The van der Waals surface area contributed by atoms with E-state index in [2.05, 4.69) is 27.9 Å². The Hall–Kier alpha value is -4.18. The molecule has 0 saturated carbocycles. The molecule has 3 aromatic rings. The molecule has 0 fully saturated rings. The third-order valence-electron chi connectivity index (χ3n) is 6.03. The maximum absolute atomic E-state index is 12.7. The number of hydrogen-bond donors (Lipinski definition) is 4. The second-order valence-corrected chi connectivity index (χ2v) is 8.35. The molecule has 2 amide bonds. The second kappa shape index (κ2) is 9.98. The highest BCUT2D eigenvalue weighted by Crippen LogP contribution is 2.44. The van der Waals surface area contributed by atoms with Crippen LogP contribution < -0.4 is 10.6 Å². The Morgan fingerprint density at radius 3 is 2.26 bits per heavy atom. The average molecular weight is 479 g/mol. The molecule has 10 heteroatoms. The number of aliphatic hydroxyl groups is 1. The summed E-state index contributed by atoms with van der Waals surface area (Å²) in [6.07, 6.45) is -0.557. The summed E-state index contributed by atoms with van der Waals surface area (Å²) in [5.74, 6) is -2.18. The molecule has 0 aliphatic heterocycles. The van der Waals surface area contributed by atoms with E-state index in [1.807, 2.05) is 36.4 Å². The van der Waals surface area contributed by atoms with Gasteiger partial charge in [0, 0.05) is 18.5 Å². The number of alkyl carbamates (subject to hydrolysis) is 1. The molecule has 1 aromatic heterocycles. The van der Waals surface area contributed by atoms with E-state index >= 15 is 0 Å². The number of amides is 2. The van der Waals surface area contributed by atoms with Crippen molar-refractivity contribution in [2.75, 3.05) is 6.61 Å². The topological polar surface area (TPSA) is 143 Å². The van der Waals surface area contributed by atoms with Crippen molar-refractivity contribution in [1.29, 1.82) is 0 Å². The van der Waals surface area contributed by atoms with Crippen LogP contribution in [-0.2, 0) is 23.1 Å². The fourth-order valence-electron chi connectivity index (χ4n) is 4.32. The van der Waals surface area contributed by atoms with Crippen LogP contribution >= 0.6 is 0 Å². The van der Waals surface area contributed by atoms with Crippen molar-refractivity contribution < 1.29 is 29.3 Å².